The van der Waals surface area contributed by atoms with Gasteiger partial charge in [-0.25, -0.2) is 17.7 Å². The van der Waals surface area contributed by atoms with E-state index in [2.05, 4.69) is 33.6 Å². The molecule has 3 N–H and O–H groups in total. The van der Waals surface area contributed by atoms with Crippen LogP contribution < -0.4 is 10.5 Å². The molecule has 1 aromatic carbocycles. The molecule has 0 aliphatic heterocycles. The molecule has 0 saturated heterocycles. The van der Waals surface area contributed by atoms with Gasteiger partial charge in [0.05, 0.1) is 22.4 Å². The van der Waals surface area contributed by atoms with E-state index in [0.717, 1.165) is 29.4 Å². The zero-order valence-corrected chi connectivity index (χ0v) is 19.8. The first-order chi connectivity index (χ1) is 16.0. The Morgan fingerprint density at radius 2 is 2.00 bits per heavy atom. The maximum absolute atomic E-state index is 12.8. The van der Waals surface area contributed by atoms with E-state index in [-0.39, 0.29) is 12.5 Å². The lowest BCUT2D eigenvalue weighted by atomic mass is 9.91. The third-order valence-corrected chi connectivity index (χ3v) is 8.34. The van der Waals surface area contributed by atoms with Gasteiger partial charge in [0.25, 0.3) is 0 Å². The van der Waals surface area contributed by atoms with E-state index in [1.54, 1.807) is 6.08 Å². The second kappa shape index (κ2) is 10.5. The second-order valence-corrected chi connectivity index (χ2v) is 10.7. The Kier molecular flexibility index (Phi) is 7.62. The summed E-state index contributed by atoms with van der Waals surface area (Å²) in [5.74, 6) is 0.525. The minimum absolute atomic E-state index is 0.0790. The molecule has 0 spiro atoms. The molecule has 2 aliphatic carbocycles. The zero-order chi connectivity index (χ0) is 23.5. The van der Waals surface area contributed by atoms with Crippen molar-refractivity contribution in [2.75, 3.05) is 19.9 Å². The first-order valence-corrected chi connectivity index (χ1v) is 13.0. The largest absolute Gasteiger partial charge is 0.340 e. The van der Waals surface area contributed by atoms with Crippen LogP contribution in [0.5, 0.6) is 0 Å². The summed E-state index contributed by atoms with van der Waals surface area (Å²) in [5, 5.41) is 10.5. The van der Waals surface area contributed by atoms with Crippen LogP contribution in [0.2, 0.25) is 0 Å². The van der Waals surface area contributed by atoms with Crippen LogP contribution in [0, 0.1) is 11.3 Å². The Hall–Kier alpha value is -2.08. The molecule has 8 heteroatoms. The van der Waals surface area contributed by atoms with Crippen LogP contribution in [0.4, 0.5) is 8.78 Å². The van der Waals surface area contributed by atoms with Crippen LogP contribution in [0.1, 0.15) is 73.7 Å². The highest BCUT2D eigenvalue weighted by molar-refractivity contribution is 7.83. The van der Waals surface area contributed by atoms with E-state index in [1.807, 2.05) is 13.0 Å². The summed E-state index contributed by atoms with van der Waals surface area (Å²) < 4.78 is 43.0. The molecule has 2 fully saturated rings. The highest BCUT2D eigenvalue weighted by Crippen LogP contribution is 2.45. The van der Waals surface area contributed by atoms with Crippen molar-refractivity contribution in [3.05, 3.63) is 47.2 Å². The van der Waals surface area contributed by atoms with E-state index in [4.69, 9.17) is 5.73 Å². The van der Waals surface area contributed by atoms with Gasteiger partial charge in [0.15, 0.2) is 0 Å². The highest BCUT2D eigenvalue weighted by Gasteiger charge is 2.30. The molecule has 3 atom stereocenters. The van der Waals surface area contributed by atoms with Crippen LogP contribution in [-0.4, -0.2) is 40.0 Å². The fourth-order valence-electron chi connectivity index (χ4n) is 4.60. The van der Waals surface area contributed by atoms with Gasteiger partial charge < -0.3 is 10.3 Å². The first-order valence-electron chi connectivity index (χ1n) is 11.8. The third-order valence-electron chi connectivity index (χ3n) is 6.88. The van der Waals surface area contributed by atoms with Crippen molar-refractivity contribution < 1.29 is 13.0 Å². The standard InChI is InChI=1S/C25H32F2N4OS/c1-16(5-9-21(14-28)33(32)30-19(12-26)13-27)25-23(15-29)22-10-8-18(17-6-7-17)11-24(22)31(25)20-3-2-4-20/h5,8-11,16-17,19-21,30H,2-4,6-7,12-14,28H2,1H3/b9-5-/t16-,21?,33?/m0/s1. The van der Waals surface area contributed by atoms with Crippen molar-refractivity contribution in [1.82, 2.24) is 9.29 Å². The first kappa shape index (κ1) is 24.1. The Labute approximate surface area is 196 Å². The van der Waals surface area contributed by atoms with Gasteiger partial charge in [-0.15, -0.1) is 0 Å². The molecule has 178 valence electrons. The minimum Gasteiger partial charge on any atom is -0.340 e. The van der Waals surface area contributed by atoms with Crippen LogP contribution in [-0.2, 0) is 11.0 Å². The summed E-state index contributed by atoms with van der Waals surface area (Å²) in [7, 11) is -1.70. The predicted octanol–water partition coefficient (Wildman–Crippen LogP) is 4.66. The number of nitrogens with zero attached hydrogens (tertiary/aromatic N) is 2. The number of alkyl halides is 2. The summed E-state index contributed by atoms with van der Waals surface area (Å²) in [4.78, 5) is 0. The molecule has 4 rings (SSSR count). The van der Waals surface area contributed by atoms with Gasteiger partial charge >= 0.3 is 0 Å². The summed E-state index contributed by atoms with van der Waals surface area (Å²) in [6.45, 7) is 0.235. The molecule has 0 radical (unpaired) electrons. The average molecular weight is 475 g/mol. The molecule has 0 amide bonds. The lowest BCUT2D eigenvalue weighted by Gasteiger charge is -2.31. The molecule has 2 unspecified atom stereocenters. The van der Waals surface area contributed by atoms with Gasteiger partial charge in [0.1, 0.15) is 30.4 Å². The molecular weight excluding hydrogens is 442 g/mol. The number of halogens is 2. The zero-order valence-electron chi connectivity index (χ0n) is 19.0. The molecule has 2 aliphatic rings. The Balaban J connectivity index is 1.67. The van der Waals surface area contributed by atoms with E-state index in [0.29, 0.717) is 17.5 Å². The average Bonchev–Trinajstić information content (AvgIpc) is 3.59. The summed E-state index contributed by atoms with van der Waals surface area (Å²) in [6, 6.07) is 8.23. The van der Waals surface area contributed by atoms with Crippen LogP contribution in [0.3, 0.4) is 0 Å². The number of nitriles is 1. The number of allylic oxidation sites excluding steroid dienone is 1. The van der Waals surface area contributed by atoms with Gasteiger partial charge in [-0.1, -0.05) is 31.2 Å². The molecule has 2 saturated carbocycles. The van der Waals surface area contributed by atoms with Gasteiger partial charge in [0.2, 0.25) is 0 Å². The van der Waals surface area contributed by atoms with Gasteiger partial charge in [-0.2, -0.15) is 5.26 Å². The smallest absolute Gasteiger partial charge is 0.108 e. The number of aromatic nitrogens is 1. The highest BCUT2D eigenvalue weighted by atomic mass is 32.2. The summed E-state index contributed by atoms with van der Waals surface area (Å²) in [6.07, 6.45) is 9.50. The maximum Gasteiger partial charge on any atom is 0.108 e. The van der Waals surface area contributed by atoms with E-state index in [1.165, 1.54) is 24.8 Å². The Morgan fingerprint density at radius 1 is 1.27 bits per heavy atom. The quantitative estimate of drug-likeness (QED) is 0.465. The Bertz CT molecular complexity index is 1080. The second-order valence-electron chi connectivity index (χ2n) is 9.25. The molecule has 1 aromatic heterocycles. The number of fused-ring (bicyclic) bond motifs is 1. The fraction of sp³-hybridized carbons (Fsp3) is 0.560. The van der Waals surface area contributed by atoms with E-state index < -0.39 is 35.6 Å². The SMILES string of the molecule is C[C@@H](/C=C\C(CN)S(=O)NC(CF)CF)c1c(C#N)c2ccc(C3CC3)cc2n1C1CCC1. The van der Waals surface area contributed by atoms with Gasteiger partial charge in [0, 0.05) is 29.6 Å². The predicted molar refractivity (Wildman–Crippen MR) is 129 cm³/mol. The molecule has 0 bridgehead atoms. The van der Waals surface area contributed by atoms with Crippen molar-refractivity contribution in [1.29, 1.82) is 5.26 Å². The lowest BCUT2D eigenvalue weighted by Crippen LogP contribution is -2.40. The van der Waals surface area contributed by atoms with Gasteiger partial charge in [-0.3, -0.25) is 0 Å². The summed E-state index contributed by atoms with van der Waals surface area (Å²) in [5.41, 5.74) is 9.94. The van der Waals surface area contributed by atoms with Crippen molar-refractivity contribution >= 4 is 21.9 Å². The maximum atomic E-state index is 12.8. The number of nitrogens with one attached hydrogen (secondary N) is 1. The number of hydrogen-bond donors (Lipinski definition) is 2. The molecule has 2 aromatic rings. The van der Waals surface area contributed by atoms with Gasteiger partial charge in [-0.05, 0) is 49.7 Å². The number of hydrogen-bond acceptors (Lipinski definition) is 3. The van der Waals surface area contributed by atoms with Crippen molar-refractivity contribution in [3.8, 4) is 6.07 Å². The normalized spacial score (nSPS) is 19.6. The monoisotopic (exact) mass is 474 g/mol. The topological polar surface area (TPSA) is 83.8 Å². The third kappa shape index (κ3) is 4.91. The summed E-state index contributed by atoms with van der Waals surface area (Å²) >= 11 is 0. The number of rotatable bonds is 11. The van der Waals surface area contributed by atoms with Crippen LogP contribution in [0.15, 0.2) is 30.4 Å². The lowest BCUT2D eigenvalue weighted by molar-refractivity contribution is 0.314. The van der Waals surface area contributed by atoms with E-state index >= 15 is 0 Å². The Morgan fingerprint density at radius 3 is 2.55 bits per heavy atom. The molecule has 5 nitrogen and oxygen atoms in total. The van der Waals surface area contributed by atoms with Crippen molar-refractivity contribution in [3.63, 3.8) is 0 Å². The van der Waals surface area contributed by atoms with Crippen molar-refractivity contribution in [2.24, 2.45) is 5.73 Å². The fourth-order valence-corrected chi connectivity index (χ4v) is 5.63. The van der Waals surface area contributed by atoms with Crippen LogP contribution >= 0.6 is 0 Å². The molecular formula is C25H32F2N4OS. The number of benzene rings is 1. The van der Waals surface area contributed by atoms with E-state index in [9.17, 15) is 18.3 Å². The molecule has 33 heavy (non-hydrogen) atoms. The number of nitrogens with two attached hydrogens (primary N) is 1. The van der Waals surface area contributed by atoms with Crippen LogP contribution in [0.25, 0.3) is 10.9 Å². The molecule has 1 heterocycles. The minimum atomic E-state index is -1.70. The van der Waals surface area contributed by atoms with Crippen molar-refractivity contribution in [2.45, 2.75) is 68.2 Å².